The van der Waals surface area contributed by atoms with Crippen LogP contribution in [0.1, 0.15) is 15.9 Å². The number of sulfonamides is 1. The van der Waals surface area contributed by atoms with Crippen molar-refractivity contribution in [3.8, 4) is 0 Å². The lowest BCUT2D eigenvalue weighted by Gasteiger charge is -2.10. The predicted octanol–water partition coefficient (Wildman–Crippen LogP) is 0.907. The zero-order valence-corrected chi connectivity index (χ0v) is 13.0. The van der Waals surface area contributed by atoms with E-state index < -0.39 is 28.5 Å². The van der Waals surface area contributed by atoms with E-state index in [9.17, 15) is 18.0 Å². The molecule has 0 heterocycles. The number of methoxy groups -OCH3 is 1. The van der Waals surface area contributed by atoms with Crippen molar-refractivity contribution in [1.29, 1.82) is 0 Å². The first-order chi connectivity index (χ1) is 9.19. The van der Waals surface area contributed by atoms with Crippen molar-refractivity contribution in [3.05, 3.63) is 27.7 Å². The highest BCUT2D eigenvalue weighted by molar-refractivity contribution is 9.10. The normalized spacial score (nSPS) is 11.2. The van der Waals surface area contributed by atoms with Crippen LogP contribution < -0.4 is 4.72 Å². The molecule has 0 radical (unpaired) electrons. The van der Waals surface area contributed by atoms with E-state index in [2.05, 4.69) is 20.7 Å². The molecule has 20 heavy (non-hydrogen) atoms. The van der Waals surface area contributed by atoms with Crippen molar-refractivity contribution in [2.24, 2.45) is 0 Å². The topological polar surface area (TPSA) is 110 Å². The number of carboxylic acids is 1. The van der Waals surface area contributed by atoms with Gasteiger partial charge in [0.15, 0.2) is 0 Å². The molecule has 1 rings (SSSR count). The number of carbonyl (C=O) groups is 2. The van der Waals surface area contributed by atoms with Crippen LogP contribution in [0.4, 0.5) is 0 Å². The van der Waals surface area contributed by atoms with Gasteiger partial charge in [-0.05, 0) is 40.5 Å². The quantitative estimate of drug-likeness (QED) is 0.750. The minimum atomic E-state index is -4.04. The van der Waals surface area contributed by atoms with Gasteiger partial charge in [-0.2, -0.15) is 4.72 Å². The number of aryl methyl sites for hydroxylation is 1. The second kappa shape index (κ2) is 6.33. The fourth-order valence-electron chi connectivity index (χ4n) is 1.36. The maximum absolute atomic E-state index is 12.1. The lowest BCUT2D eigenvalue weighted by Crippen LogP contribution is -2.30. The lowest BCUT2D eigenvalue weighted by molar-refractivity contribution is -0.139. The average Bonchev–Trinajstić information content (AvgIpc) is 2.38. The lowest BCUT2D eigenvalue weighted by atomic mass is 10.1. The molecule has 0 spiro atoms. The third kappa shape index (κ3) is 3.78. The van der Waals surface area contributed by atoms with Crippen LogP contribution in [-0.2, 0) is 19.6 Å². The summed E-state index contributed by atoms with van der Waals surface area (Å²) < 4.78 is 30.7. The Morgan fingerprint density at radius 1 is 1.40 bits per heavy atom. The molecule has 110 valence electrons. The van der Waals surface area contributed by atoms with Crippen molar-refractivity contribution in [2.45, 2.75) is 11.8 Å². The Labute approximate surface area is 124 Å². The number of carboxylic acid groups (broad SMARTS) is 1. The molecule has 9 heteroatoms. The Kier molecular flexibility index (Phi) is 5.26. The second-order valence-corrected chi connectivity index (χ2v) is 6.34. The van der Waals surface area contributed by atoms with E-state index >= 15 is 0 Å². The SMILES string of the molecule is COC(=O)CNS(=O)(=O)c1cc(C(=O)O)cc(C)c1Br. The molecule has 0 atom stereocenters. The molecule has 0 amide bonds. The van der Waals surface area contributed by atoms with Gasteiger partial charge < -0.3 is 9.84 Å². The Balaban J connectivity index is 3.23. The molecule has 0 fully saturated rings. The van der Waals surface area contributed by atoms with Gasteiger partial charge in [0.2, 0.25) is 10.0 Å². The van der Waals surface area contributed by atoms with E-state index in [0.717, 1.165) is 13.2 Å². The molecule has 0 saturated carbocycles. The molecule has 1 aromatic rings. The van der Waals surface area contributed by atoms with Crippen molar-refractivity contribution in [1.82, 2.24) is 4.72 Å². The van der Waals surface area contributed by atoms with Gasteiger partial charge >= 0.3 is 11.9 Å². The summed E-state index contributed by atoms with van der Waals surface area (Å²) in [6.45, 7) is 1.03. The first kappa shape index (κ1) is 16.6. The fourth-order valence-corrected chi connectivity index (χ4v) is 3.37. The number of aromatic carboxylic acids is 1. The summed E-state index contributed by atoms with van der Waals surface area (Å²) in [5.74, 6) is -2.00. The zero-order valence-electron chi connectivity index (χ0n) is 10.6. The molecular formula is C11H12BrNO6S. The van der Waals surface area contributed by atoms with E-state index in [4.69, 9.17) is 5.11 Å². The minimum Gasteiger partial charge on any atom is -0.478 e. The molecule has 0 unspecified atom stereocenters. The van der Waals surface area contributed by atoms with Gasteiger partial charge in [-0.15, -0.1) is 0 Å². The molecule has 0 saturated heterocycles. The highest BCUT2D eigenvalue weighted by Gasteiger charge is 2.22. The largest absolute Gasteiger partial charge is 0.478 e. The number of rotatable bonds is 5. The first-order valence-corrected chi connectivity index (χ1v) is 7.56. The molecule has 0 aliphatic heterocycles. The summed E-state index contributed by atoms with van der Waals surface area (Å²) in [5.41, 5.74) is 0.285. The van der Waals surface area contributed by atoms with Gasteiger partial charge in [-0.3, -0.25) is 4.79 Å². The van der Waals surface area contributed by atoms with Gasteiger partial charge in [0.1, 0.15) is 6.54 Å². The summed E-state index contributed by atoms with van der Waals surface area (Å²) >= 11 is 3.10. The van der Waals surface area contributed by atoms with Crippen LogP contribution in [0.15, 0.2) is 21.5 Å². The number of carbonyl (C=O) groups excluding carboxylic acids is 1. The Morgan fingerprint density at radius 2 is 2.00 bits per heavy atom. The molecule has 0 aliphatic rings. The highest BCUT2D eigenvalue weighted by atomic mass is 79.9. The standard InChI is InChI=1S/C11H12BrNO6S/c1-6-3-7(11(15)16)4-8(10(6)12)20(17,18)13-5-9(14)19-2/h3-4,13H,5H2,1-2H3,(H,15,16). The van der Waals surface area contributed by atoms with Crippen LogP contribution in [0.25, 0.3) is 0 Å². The second-order valence-electron chi connectivity index (χ2n) is 3.81. The third-order valence-corrected chi connectivity index (χ3v) is 5.13. The summed E-state index contributed by atoms with van der Waals surface area (Å²) in [4.78, 5) is 21.7. The Hall–Kier alpha value is -1.45. The van der Waals surface area contributed by atoms with Gasteiger partial charge in [0.05, 0.1) is 17.6 Å². The van der Waals surface area contributed by atoms with Gasteiger partial charge in [-0.1, -0.05) is 0 Å². The molecular weight excluding hydrogens is 354 g/mol. The number of halogens is 1. The van der Waals surface area contributed by atoms with E-state index in [-0.39, 0.29) is 14.9 Å². The van der Waals surface area contributed by atoms with E-state index in [0.29, 0.717) is 5.56 Å². The fraction of sp³-hybridized carbons (Fsp3) is 0.273. The maximum Gasteiger partial charge on any atom is 0.335 e. The van der Waals surface area contributed by atoms with Gasteiger partial charge in [0.25, 0.3) is 0 Å². The van der Waals surface area contributed by atoms with Crippen LogP contribution in [0.5, 0.6) is 0 Å². The summed E-state index contributed by atoms with van der Waals surface area (Å²) in [5, 5.41) is 8.94. The average molecular weight is 366 g/mol. The molecule has 0 aromatic heterocycles. The van der Waals surface area contributed by atoms with E-state index in [1.54, 1.807) is 6.92 Å². The summed E-state index contributed by atoms with van der Waals surface area (Å²) in [6, 6.07) is 2.35. The van der Waals surface area contributed by atoms with Crippen LogP contribution >= 0.6 is 15.9 Å². The number of hydrogen-bond donors (Lipinski definition) is 2. The van der Waals surface area contributed by atoms with E-state index in [1.165, 1.54) is 6.07 Å². The molecule has 2 N–H and O–H groups in total. The van der Waals surface area contributed by atoms with Crippen LogP contribution in [-0.4, -0.2) is 39.1 Å². The van der Waals surface area contributed by atoms with Crippen LogP contribution in [0.2, 0.25) is 0 Å². The van der Waals surface area contributed by atoms with Crippen LogP contribution in [0, 0.1) is 6.92 Å². The Morgan fingerprint density at radius 3 is 2.50 bits per heavy atom. The maximum atomic E-state index is 12.1. The van der Waals surface area contributed by atoms with Crippen molar-refractivity contribution >= 4 is 37.9 Å². The monoisotopic (exact) mass is 365 g/mol. The predicted molar refractivity (Wildman–Crippen MR) is 73.0 cm³/mol. The van der Waals surface area contributed by atoms with Gasteiger partial charge in [-0.25, -0.2) is 13.2 Å². The molecule has 0 bridgehead atoms. The molecule has 0 aliphatic carbocycles. The molecule has 7 nitrogen and oxygen atoms in total. The van der Waals surface area contributed by atoms with Crippen molar-refractivity contribution < 1.29 is 27.9 Å². The summed E-state index contributed by atoms with van der Waals surface area (Å²) in [6.07, 6.45) is 0. The molecule has 1 aromatic carbocycles. The number of esters is 1. The van der Waals surface area contributed by atoms with E-state index in [1.807, 2.05) is 4.72 Å². The van der Waals surface area contributed by atoms with Crippen LogP contribution in [0.3, 0.4) is 0 Å². The highest BCUT2D eigenvalue weighted by Crippen LogP contribution is 2.27. The number of nitrogens with one attached hydrogen (secondary N) is 1. The first-order valence-electron chi connectivity index (χ1n) is 5.29. The van der Waals surface area contributed by atoms with Crippen molar-refractivity contribution in [3.63, 3.8) is 0 Å². The zero-order chi connectivity index (χ0) is 15.5. The Bertz CT molecular complexity index is 655. The third-order valence-electron chi connectivity index (χ3n) is 2.39. The summed E-state index contributed by atoms with van der Waals surface area (Å²) in [7, 11) is -2.91. The number of ether oxygens (including phenoxy) is 1. The minimum absolute atomic E-state index is 0.163. The number of benzene rings is 1. The van der Waals surface area contributed by atoms with Gasteiger partial charge in [0, 0.05) is 4.47 Å². The smallest absolute Gasteiger partial charge is 0.335 e. The van der Waals surface area contributed by atoms with Crippen molar-refractivity contribution in [2.75, 3.05) is 13.7 Å². The number of hydrogen-bond acceptors (Lipinski definition) is 5.